The Bertz CT molecular complexity index is 1380. The summed E-state index contributed by atoms with van der Waals surface area (Å²) in [7, 11) is 0. The van der Waals surface area contributed by atoms with E-state index < -0.39 is 18.6 Å². The predicted octanol–water partition coefficient (Wildman–Crippen LogP) is 3.79. The minimum atomic E-state index is -0.792. The Balaban J connectivity index is 1.45. The number of amides is 1. The van der Waals surface area contributed by atoms with E-state index in [0.717, 1.165) is 17.2 Å². The molecule has 8 nitrogen and oxygen atoms in total. The SMILES string of the molecule is Cc1cccc2c(=O)c3c(O)cc(OC(=O)CNC(=O)OCc4ccccc4)cc3oc12. The van der Waals surface area contributed by atoms with E-state index in [9.17, 15) is 19.5 Å². The fourth-order valence-electron chi connectivity index (χ4n) is 3.24. The number of ether oxygens (including phenoxy) is 2. The van der Waals surface area contributed by atoms with Gasteiger partial charge in [0.1, 0.15) is 41.2 Å². The van der Waals surface area contributed by atoms with Crippen molar-refractivity contribution in [3.05, 3.63) is 82.0 Å². The molecular formula is C24H19NO7. The van der Waals surface area contributed by atoms with Gasteiger partial charge in [-0.1, -0.05) is 42.5 Å². The van der Waals surface area contributed by atoms with Crippen molar-refractivity contribution in [2.45, 2.75) is 13.5 Å². The zero-order valence-corrected chi connectivity index (χ0v) is 17.1. The van der Waals surface area contributed by atoms with Crippen LogP contribution in [0.25, 0.3) is 21.9 Å². The number of benzene rings is 3. The molecule has 162 valence electrons. The molecule has 0 aliphatic rings. The number of aromatic hydroxyl groups is 1. The molecule has 1 heterocycles. The van der Waals surface area contributed by atoms with Gasteiger partial charge >= 0.3 is 12.1 Å². The second-order valence-electron chi connectivity index (χ2n) is 7.09. The van der Waals surface area contributed by atoms with Crippen molar-refractivity contribution in [2.75, 3.05) is 6.54 Å². The highest BCUT2D eigenvalue weighted by Crippen LogP contribution is 2.31. The molecule has 4 rings (SSSR count). The monoisotopic (exact) mass is 433 g/mol. The van der Waals surface area contributed by atoms with E-state index in [2.05, 4.69) is 5.32 Å². The molecule has 3 aromatic carbocycles. The summed E-state index contributed by atoms with van der Waals surface area (Å²) in [6.07, 6.45) is -0.778. The van der Waals surface area contributed by atoms with Crippen LogP contribution in [0.1, 0.15) is 11.1 Å². The van der Waals surface area contributed by atoms with Crippen molar-refractivity contribution >= 4 is 34.0 Å². The number of esters is 1. The number of rotatable bonds is 5. The van der Waals surface area contributed by atoms with Crippen molar-refractivity contribution in [3.8, 4) is 11.5 Å². The van der Waals surface area contributed by atoms with Gasteiger partial charge in [-0.05, 0) is 24.1 Å². The molecule has 0 aliphatic carbocycles. The fourth-order valence-corrected chi connectivity index (χ4v) is 3.24. The van der Waals surface area contributed by atoms with Gasteiger partial charge in [0.05, 0.1) is 5.39 Å². The van der Waals surface area contributed by atoms with Crippen molar-refractivity contribution in [1.29, 1.82) is 0 Å². The number of fused-ring (bicyclic) bond motifs is 2. The zero-order valence-electron chi connectivity index (χ0n) is 17.1. The Kier molecular flexibility index (Phi) is 5.76. The Hall–Kier alpha value is -4.33. The second-order valence-corrected chi connectivity index (χ2v) is 7.09. The van der Waals surface area contributed by atoms with E-state index in [1.165, 1.54) is 6.07 Å². The Morgan fingerprint density at radius 3 is 2.62 bits per heavy atom. The molecule has 0 unspecified atom stereocenters. The van der Waals surface area contributed by atoms with Gasteiger partial charge in [0.15, 0.2) is 0 Å². The molecule has 32 heavy (non-hydrogen) atoms. The summed E-state index contributed by atoms with van der Waals surface area (Å²) in [4.78, 5) is 36.6. The van der Waals surface area contributed by atoms with Crippen LogP contribution >= 0.6 is 0 Å². The second kappa shape index (κ2) is 8.81. The predicted molar refractivity (Wildman–Crippen MR) is 117 cm³/mol. The number of carbonyl (C=O) groups is 2. The highest BCUT2D eigenvalue weighted by atomic mass is 16.6. The van der Waals surface area contributed by atoms with Gasteiger partial charge in [0, 0.05) is 12.1 Å². The number of phenols is 1. The molecule has 0 radical (unpaired) electrons. The molecule has 0 atom stereocenters. The maximum Gasteiger partial charge on any atom is 0.407 e. The molecule has 8 heteroatoms. The summed E-state index contributed by atoms with van der Waals surface area (Å²) < 4.78 is 16.0. The quantitative estimate of drug-likeness (QED) is 0.279. The highest BCUT2D eigenvalue weighted by molar-refractivity contribution is 5.95. The molecule has 1 aromatic heterocycles. The van der Waals surface area contributed by atoms with Crippen molar-refractivity contribution in [1.82, 2.24) is 5.32 Å². The first-order valence-corrected chi connectivity index (χ1v) is 9.77. The molecule has 0 aliphatic heterocycles. The van der Waals surface area contributed by atoms with Crippen LogP contribution in [0, 0.1) is 6.92 Å². The van der Waals surface area contributed by atoms with E-state index in [4.69, 9.17) is 13.9 Å². The zero-order chi connectivity index (χ0) is 22.7. The van der Waals surface area contributed by atoms with E-state index in [-0.39, 0.29) is 34.5 Å². The van der Waals surface area contributed by atoms with Crippen LogP contribution in [0.4, 0.5) is 4.79 Å². The standard InChI is InChI=1S/C24H19NO7/c1-14-6-5-9-17-22(28)21-18(26)10-16(11-19(21)32-23(14)17)31-20(27)12-25-24(29)30-13-15-7-3-2-4-8-15/h2-11,26H,12-13H2,1H3,(H,25,29). The number of alkyl carbamates (subject to hydrolysis) is 1. The largest absolute Gasteiger partial charge is 0.507 e. The third-order valence-corrected chi connectivity index (χ3v) is 4.77. The molecule has 1 amide bonds. The average Bonchev–Trinajstić information content (AvgIpc) is 2.77. The summed E-state index contributed by atoms with van der Waals surface area (Å²) in [6, 6.07) is 16.7. The van der Waals surface area contributed by atoms with E-state index in [1.54, 1.807) is 37.3 Å². The Morgan fingerprint density at radius 2 is 1.84 bits per heavy atom. The molecule has 0 fully saturated rings. The van der Waals surface area contributed by atoms with Crippen LogP contribution in [0.15, 0.2) is 69.9 Å². The molecule has 2 N–H and O–H groups in total. The summed E-state index contributed by atoms with van der Waals surface area (Å²) in [5.41, 5.74) is 1.64. The van der Waals surface area contributed by atoms with Gasteiger partial charge in [-0.25, -0.2) is 9.59 Å². The van der Waals surface area contributed by atoms with Gasteiger partial charge in [0.25, 0.3) is 0 Å². The van der Waals surface area contributed by atoms with Crippen LogP contribution in [-0.4, -0.2) is 23.7 Å². The van der Waals surface area contributed by atoms with Crippen molar-refractivity contribution in [2.24, 2.45) is 0 Å². The number of nitrogens with one attached hydrogen (secondary N) is 1. The minimum Gasteiger partial charge on any atom is -0.507 e. The topological polar surface area (TPSA) is 115 Å². The number of aryl methyl sites for hydroxylation is 1. The number of hydrogen-bond acceptors (Lipinski definition) is 7. The van der Waals surface area contributed by atoms with E-state index in [1.807, 2.05) is 18.2 Å². The third kappa shape index (κ3) is 4.39. The molecule has 4 aromatic rings. The first-order chi connectivity index (χ1) is 15.4. The normalized spacial score (nSPS) is 10.8. The van der Waals surface area contributed by atoms with E-state index >= 15 is 0 Å². The lowest BCUT2D eigenvalue weighted by Gasteiger charge is -2.09. The van der Waals surface area contributed by atoms with Crippen LogP contribution in [0.5, 0.6) is 11.5 Å². The molecule has 0 saturated carbocycles. The van der Waals surface area contributed by atoms with Gasteiger partial charge < -0.3 is 24.3 Å². The summed E-state index contributed by atoms with van der Waals surface area (Å²) in [5.74, 6) is -1.20. The van der Waals surface area contributed by atoms with Crippen LogP contribution in [0.3, 0.4) is 0 Å². The fraction of sp³-hybridized carbons (Fsp3) is 0.125. The van der Waals surface area contributed by atoms with Gasteiger partial charge in [-0.3, -0.25) is 4.79 Å². The molecule has 0 bridgehead atoms. The van der Waals surface area contributed by atoms with Gasteiger partial charge in [0.2, 0.25) is 5.43 Å². The molecular weight excluding hydrogens is 414 g/mol. The van der Waals surface area contributed by atoms with E-state index in [0.29, 0.717) is 11.0 Å². The first-order valence-electron chi connectivity index (χ1n) is 9.77. The van der Waals surface area contributed by atoms with Gasteiger partial charge in [-0.2, -0.15) is 0 Å². The maximum atomic E-state index is 12.7. The number of carbonyl (C=O) groups excluding carboxylic acids is 2. The van der Waals surface area contributed by atoms with Crippen LogP contribution in [0.2, 0.25) is 0 Å². The highest BCUT2D eigenvalue weighted by Gasteiger charge is 2.16. The van der Waals surface area contributed by atoms with Crippen LogP contribution in [-0.2, 0) is 16.1 Å². The van der Waals surface area contributed by atoms with Crippen molar-refractivity contribution in [3.63, 3.8) is 0 Å². The lowest BCUT2D eigenvalue weighted by Crippen LogP contribution is -2.32. The van der Waals surface area contributed by atoms with Crippen molar-refractivity contribution < 1.29 is 28.6 Å². The number of phenolic OH excluding ortho intramolecular Hbond substituents is 1. The Labute approximate surface area is 182 Å². The number of para-hydroxylation sites is 1. The first kappa shape index (κ1) is 20.9. The summed E-state index contributed by atoms with van der Waals surface area (Å²) in [5, 5.41) is 13.0. The Morgan fingerprint density at radius 1 is 1.06 bits per heavy atom. The summed E-state index contributed by atoms with van der Waals surface area (Å²) >= 11 is 0. The van der Waals surface area contributed by atoms with Gasteiger partial charge in [-0.15, -0.1) is 0 Å². The third-order valence-electron chi connectivity index (χ3n) is 4.77. The summed E-state index contributed by atoms with van der Waals surface area (Å²) in [6.45, 7) is 1.41. The lowest BCUT2D eigenvalue weighted by molar-refractivity contribution is -0.133. The maximum absolute atomic E-state index is 12.7. The average molecular weight is 433 g/mol. The van der Waals surface area contributed by atoms with Crippen LogP contribution < -0.4 is 15.5 Å². The smallest absolute Gasteiger partial charge is 0.407 e. The lowest BCUT2D eigenvalue weighted by atomic mass is 10.1. The molecule has 0 spiro atoms. The number of hydrogen-bond donors (Lipinski definition) is 2. The minimum absolute atomic E-state index is 0.00878. The molecule has 0 saturated heterocycles.